The topological polar surface area (TPSA) is 105 Å². The predicted octanol–water partition coefficient (Wildman–Crippen LogP) is 4.01. The lowest BCUT2D eigenvalue weighted by Gasteiger charge is -2.44. The zero-order valence-electron chi connectivity index (χ0n) is 19.6. The van der Waals surface area contributed by atoms with E-state index in [0.29, 0.717) is 22.7 Å². The molecule has 4 atom stereocenters. The van der Waals surface area contributed by atoms with Crippen molar-refractivity contribution in [2.45, 2.75) is 24.9 Å². The van der Waals surface area contributed by atoms with E-state index < -0.39 is 41.0 Å². The highest BCUT2D eigenvalue weighted by Crippen LogP contribution is 2.46. The first kappa shape index (κ1) is 24.2. The van der Waals surface area contributed by atoms with Gasteiger partial charge in [0, 0.05) is 23.7 Å². The van der Waals surface area contributed by atoms with E-state index >= 15 is 0 Å². The van der Waals surface area contributed by atoms with Crippen molar-refractivity contribution in [1.29, 1.82) is 0 Å². The van der Waals surface area contributed by atoms with Crippen molar-refractivity contribution >= 4 is 29.0 Å². The van der Waals surface area contributed by atoms with Crippen LogP contribution in [0, 0.1) is 11.8 Å². The Balaban J connectivity index is 1.76. The summed E-state index contributed by atoms with van der Waals surface area (Å²) in [5.41, 5.74) is 0.0234. The zero-order valence-corrected chi connectivity index (χ0v) is 19.6. The monoisotopic (exact) mass is 472 g/mol. The summed E-state index contributed by atoms with van der Waals surface area (Å²) in [6.07, 6.45) is -0.320. The number of carbonyl (C=O) groups excluding carboxylic acids is 3. The first-order valence-electron chi connectivity index (χ1n) is 11.4. The number of aliphatic hydroxyl groups is 1. The maximum Gasteiger partial charge on any atom is 0.235 e. The fourth-order valence-electron chi connectivity index (χ4n) is 4.80. The van der Waals surface area contributed by atoms with Crippen molar-refractivity contribution < 1.29 is 24.2 Å². The number of para-hydroxylation sites is 2. The predicted molar refractivity (Wildman–Crippen MR) is 133 cm³/mol. The van der Waals surface area contributed by atoms with E-state index in [1.165, 1.54) is 14.0 Å². The standard InChI is InChI=1S/C28H28N2O5/c1-28(34)17-22(31)24(26(32)29-19-9-5-3-6-10-19)23(18-13-15-21(35-2)16-14-18)25(28)27(33)30-20-11-7-4-8-12-20/h3-16,23-25,34H,17H2,1-2H3,(H,29,32)(H,30,33)/t23-,24-,25-,28+/m1/s1. The SMILES string of the molecule is COc1ccc([C@@H]2[C@H](C(=O)Nc3ccccc3)C(=O)C[C@](C)(O)[C@H]2C(=O)Nc2ccccc2)cc1. The molecule has 1 fully saturated rings. The molecule has 4 rings (SSSR count). The number of methoxy groups -OCH3 is 1. The number of nitrogens with one attached hydrogen (secondary N) is 2. The van der Waals surface area contributed by atoms with E-state index in [2.05, 4.69) is 10.6 Å². The minimum Gasteiger partial charge on any atom is -0.497 e. The van der Waals surface area contributed by atoms with Gasteiger partial charge in [0.2, 0.25) is 11.8 Å². The van der Waals surface area contributed by atoms with Crippen LogP contribution in [0.3, 0.4) is 0 Å². The molecular weight excluding hydrogens is 444 g/mol. The summed E-state index contributed by atoms with van der Waals surface area (Å²) >= 11 is 0. The number of hydrogen-bond acceptors (Lipinski definition) is 5. The van der Waals surface area contributed by atoms with Gasteiger partial charge in [-0.3, -0.25) is 14.4 Å². The molecule has 0 heterocycles. The Morgan fingerprint density at radius 1 is 0.857 bits per heavy atom. The molecule has 0 saturated heterocycles. The largest absolute Gasteiger partial charge is 0.497 e. The summed E-state index contributed by atoms with van der Waals surface area (Å²) in [7, 11) is 1.54. The van der Waals surface area contributed by atoms with Crippen LogP contribution in [0.1, 0.15) is 24.8 Å². The van der Waals surface area contributed by atoms with Gasteiger partial charge in [-0.1, -0.05) is 48.5 Å². The molecule has 7 heteroatoms. The molecule has 0 unspecified atom stereocenters. The average Bonchev–Trinajstić information content (AvgIpc) is 2.84. The van der Waals surface area contributed by atoms with Gasteiger partial charge in [-0.05, 0) is 48.9 Å². The summed E-state index contributed by atoms with van der Waals surface area (Å²) in [6.45, 7) is 1.47. The van der Waals surface area contributed by atoms with Crippen molar-refractivity contribution in [1.82, 2.24) is 0 Å². The molecule has 3 N–H and O–H groups in total. The van der Waals surface area contributed by atoms with Crippen LogP contribution >= 0.6 is 0 Å². The molecule has 3 aromatic carbocycles. The number of hydrogen-bond donors (Lipinski definition) is 3. The number of ether oxygens (including phenoxy) is 1. The Morgan fingerprint density at radius 3 is 1.89 bits per heavy atom. The molecule has 3 aromatic rings. The molecule has 35 heavy (non-hydrogen) atoms. The van der Waals surface area contributed by atoms with Crippen LogP contribution in [-0.2, 0) is 14.4 Å². The van der Waals surface area contributed by atoms with Gasteiger partial charge in [-0.15, -0.1) is 0 Å². The second-order valence-electron chi connectivity index (χ2n) is 8.97. The Bertz CT molecular complexity index is 1190. The molecule has 1 aliphatic carbocycles. The number of rotatable bonds is 6. The fraction of sp³-hybridized carbons (Fsp3) is 0.250. The number of Topliss-reactive ketones (excluding diaryl/α,β-unsaturated/α-hetero) is 1. The summed E-state index contributed by atoms with van der Waals surface area (Å²) in [5.74, 6) is -3.95. The smallest absolute Gasteiger partial charge is 0.235 e. The van der Waals surface area contributed by atoms with Crippen molar-refractivity contribution in [3.8, 4) is 5.75 Å². The Kier molecular flexibility index (Phi) is 6.98. The molecule has 0 spiro atoms. The maximum atomic E-state index is 13.6. The summed E-state index contributed by atoms with van der Waals surface area (Å²) < 4.78 is 5.25. The van der Waals surface area contributed by atoms with E-state index in [1.54, 1.807) is 72.8 Å². The Morgan fingerprint density at radius 2 is 1.37 bits per heavy atom. The first-order valence-corrected chi connectivity index (χ1v) is 11.4. The summed E-state index contributed by atoms with van der Waals surface area (Å²) in [4.78, 5) is 40.3. The van der Waals surface area contributed by atoms with Crippen LogP contribution in [0.2, 0.25) is 0 Å². The fourth-order valence-corrected chi connectivity index (χ4v) is 4.80. The van der Waals surface area contributed by atoms with Crippen molar-refractivity contribution in [2.75, 3.05) is 17.7 Å². The van der Waals surface area contributed by atoms with E-state index in [4.69, 9.17) is 4.74 Å². The molecule has 7 nitrogen and oxygen atoms in total. The average molecular weight is 473 g/mol. The van der Waals surface area contributed by atoms with Crippen LogP contribution in [0.25, 0.3) is 0 Å². The molecule has 0 radical (unpaired) electrons. The van der Waals surface area contributed by atoms with Gasteiger partial charge in [0.25, 0.3) is 0 Å². The minimum atomic E-state index is -1.66. The van der Waals surface area contributed by atoms with Crippen molar-refractivity contribution in [2.24, 2.45) is 11.8 Å². The lowest BCUT2D eigenvalue weighted by atomic mass is 9.61. The zero-order chi connectivity index (χ0) is 25.0. The maximum absolute atomic E-state index is 13.6. The normalized spacial score (nSPS) is 23.9. The highest BCUT2D eigenvalue weighted by molar-refractivity contribution is 6.10. The van der Waals surface area contributed by atoms with Crippen LogP contribution in [0.4, 0.5) is 11.4 Å². The Labute approximate surface area is 204 Å². The van der Waals surface area contributed by atoms with E-state index in [9.17, 15) is 19.5 Å². The van der Waals surface area contributed by atoms with E-state index in [1.807, 2.05) is 12.1 Å². The van der Waals surface area contributed by atoms with Gasteiger partial charge in [0.05, 0.1) is 18.6 Å². The molecule has 1 aliphatic rings. The highest BCUT2D eigenvalue weighted by Gasteiger charge is 2.55. The first-order chi connectivity index (χ1) is 16.8. The minimum absolute atomic E-state index is 0.320. The van der Waals surface area contributed by atoms with E-state index in [-0.39, 0.29) is 6.42 Å². The lowest BCUT2D eigenvalue weighted by Crippen LogP contribution is -2.56. The number of amides is 2. The second kappa shape index (κ2) is 10.1. The van der Waals surface area contributed by atoms with Crippen LogP contribution in [0.5, 0.6) is 5.75 Å². The molecular formula is C28H28N2O5. The lowest BCUT2D eigenvalue weighted by molar-refractivity contribution is -0.150. The van der Waals surface area contributed by atoms with Gasteiger partial charge < -0.3 is 20.5 Å². The van der Waals surface area contributed by atoms with Crippen molar-refractivity contribution in [3.05, 3.63) is 90.5 Å². The molecule has 2 amide bonds. The molecule has 0 aromatic heterocycles. The second-order valence-corrected chi connectivity index (χ2v) is 8.97. The molecule has 180 valence electrons. The number of benzene rings is 3. The van der Waals surface area contributed by atoms with Gasteiger partial charge in [-0.2, -0.15) is 0 Å². The third kappa shape index (κ3) is 5.25. The number of ketones is 1. The summed E-state index contributed by atoms with van der Waals surface area (Å²) in [5, 5.41) is 17.0. The van der Waals surface area contributed by atoms with Crippen LogP contribution in [0.15, 0.2) is 84.9 Å². The summed E-state index contributed by atoms with van der Waals surface area (Å²) in [6, 6.07) is 24.6. The van der Waals surface area contributed by atoms with Gasteiger partial charge >= 0.3 is 0 Å². The third-order valence-electron chi connectivity index (χ3n) is 6.42. The van der Waals surface area contributed by atoms with Crippen molar-refractivity contribution in [3.63, 3.8) is 0 Å². The van der Waals surface area contributed by atoms with Crippen LogP contribution in [-0.4, -0.2) is 35.4 Å². The highest BCUT2D eigenvalue weighted by atomic mass is 16.5. The van der Waals surface area contributed by atoms with Gasteiger partial charge in [0.15, 0.2) is 0 Å². The number of anilines is 2. The molecule has 0 aliphatic heterocycles. The number of carbonyl (C=O) groups is 3. The Hall–Kier alpha value is -3.97. The molecule has 0 bridgehead atoms. The third-order valence-corrected chi connectivity index (χ3v) is 6.42. The van der Waals surface area contributed by atoms with Gasteiger partial charge in [0.1, 0.15) is 17.5 Å². The van der Waals surface area contributed by atoms with Gasteiger partial charge in [-0.25, -0.2) is 0 Å². The quantitative estimate of drug-likeness (QED) is 0.470. The molecule has 1 saturated carbocycles. The van der Waals surface area contributed by atoms with E-state index in [0.717, 1.165) is 0 Å². The van der Waals surface area contributed by atoms with Crippen LogP contribution < -0.4 is 15.4 Å².